The van der Waals surface area contributed by atoms with Gasteiger partial charge >= 0.3 is 0 Å². The number of benzene rings is 1. The molecule has 0 aliphatic carbocycles. The number of carbonyl (C=O) groups is 1. The first-order valence-corrected chi connectivity index (χ1v) is 8.50. The molecule has 0 saturated heterocycles. The molecular weight excluding hydrogens is 318 g/mol. The highest BCUT2D eigenvalue weighted by molar-refractivity contribution is 5.78. The third-order valence-corrected chi connectivity index (χ3v) is 3.87. The Morgan fingerprint density at radius 1 is 1.32 bits per heavy atom. The first-order valence-electron chi connectivity index (χ1n) is 8.50. The third-order valence-electron chi connectivity index (χ3n) is 3.87. The van der Waals surface area contributed by atoms with E-state index < -0.39 is 0 Å². The summed E-state index contributed by atoms with van der Waals surface area (Å²) < 4.78 is 6.71. The van der Waals surface area contributed by atoms with Gasteiger partial charge in [-0.15, -0.1) is 0 Å². The van der Waals surface area contributed by atoms with Crippen LogP contribution in [0.1, 0.15) is 46.0 Å². The van der Waals surface area contributed by atoms with Gasteiger partial charge in [-0.05, 0) is 24.5 Å². The van der Waals surface area contributed by atoms with Crippen molar-refractivity contribution < 1.29 is 9.53 Å². The molecule has 0 aliphatic rings. The van der Waals surface area contributed by atoms with Crippen molar-refractivity contribution in [1.82, 2.24) is 14.9 Å². The van der Waals surface area contributed by atoms with Crippen molar-refractivity contribution in [1.29, 1.82) is 0 Å². The van der Waals surface area contributed by atoms with Crippen LogP contribution in [-0.2, 0) is 16.1 Å². The maximum absolute atomic E-state index is 12.8. The second kappa shape index (κ2) is 7.78. The van der Waals surface area contributed by atoms with Crippen molar-refractivity contribution in [2.75, 3.05) is 13.7 Å². The topological polar surface area (TPSA) is 73.2 Å². The van der Waals surface area contributed by atoms with E-state index >= 15 is 0 Å². The van der Waals surface area contributed by atoms with Gasteiger partial charge in [-0.25, -0.2) is 4.98 Å². The molecule has 6 nitrogen and oxygen atoms in total. The van der Waals surface area contributed by atoms with E-state index in [1.165, 1.54) is 0 Å². The van der Waals surface area contributed by atoms with Crippen molar-refractivity contribution in [3.05, 3.63) is 40.4 Å². The summed E-state index contributed by atoms with van der Waals surface area (Å²) >= 11 is 0. The average Bonchev–Trinajstić information content (AvgIpc) is 2.52. The lowest BCUT2D eigenvalue weighted by Crippen LogP contribution is -2.35. The van der Waals surface area contributed by atoms with Gasteiger partial charge in [0.15, 0.2) is 0 Å². The minimum Gasteiger partial charge on any atom is -0.383 e. The van der Waals surface area contributed by atoms with Gasteiger partial charge in [-0.3, -0.25) is 14.2 Å². The molecule has 1 aromatic heterocycles. The third kappa shape index (κ3) is 4.89. The number of fused-ring (bicyclic) bond motifs is 1. The van der Waals surface area contributed by atoms with Gasteiger partial charge in [0.25, 0.3) is 5.56 Å². The van der Waals surface area contributed by atoms with Crippen LogP contribution in [0.3, 0.4) is 0 Å². The summed E-state index contributed by atoms with van der Waals surface area (Å²) in [5, 5.41) is 3.52. The number of hydrogen-bond donors (Lipinski definition) is 1. The first-order chi connectivity index (χ1) is 11.7. The molecular formula is C19H27N3O3. The van der Waals surface area contributed by atoms with Crippen LogP contribution in [0.2, 0.25) is 0 Å². The second-order valence-electron chi connectivity index (χ2n) is 7.46. The highest BCUT2D eigenvalue weighted by atomic mass is 16.5. The molecule has 0 unspecified atom stereocenters. The predicted molar refractivity (Wildman–Crippen MR) is 98.5 cm³/mol. The zero-order chi connectivity index (χ0) is 18.6. The zero-order valence-corrected chi connectivity index (χ0v) is 15.6. The Morgan fingerprint density at radius 3 is 2.64 bits per heavy atom. The summed E-state index contributed by atoms with van der Waals surface area (Å²) in [5.41, 5.74) is 0.415. The molecule has 1 heterocycles. The molecule has 6 heteroatoms. The molecule has 0 saturated carbocycles. The number of carbonyl (C=O) groups excluding carboxylic acids is 1. The predicted octanol–water partition coefficient (Wildman–Crippen LogP) is 2.66. The van der Waals surface area contributed by atoms with Crippen molar-refractivity contribution in [3.8, 4) is 0 Å². The number of ether oxygens (including phenoxy) is 1. The summed E-state index contributed by atoms with van der Waals surface area (Å²) in [7, 11) is 1.59. The molecule has 2 aromatic rings. The Morgan fingerprint density at radius 2 is 2.00 bits per heavy atom. The average molecular weight is 345 g/mol. The summed E-state index contributed by atoms with van der Waals surface area (Å²) in [6.45, 7) is 8.68. The molecule has 1 amide bonds. The maximum atomic E-state index is 12.8. The zero-order valence-electron chi connectivity index (χ0n) is 15.6. The molecule has 0 radical (unpaired) electrons. The van der Waals surface area contributed by atoms with Crippen LogP contribution in [0, 0.1) is 5.41 Å². The van der Waals surface area contributed by atoms with E-state index in [0.717, 1.165) is 0 Å². The Kier molecular flexibility index (Phi) is 5.95. The minimum absolute atomic E-state index is 0.0549. The molecule has 0 bridgehead atoms. The van der Waals surface area contributed by atoms with Gasteiger partial charge < -0.3 is 10.1 Å². The number of para-hydroxylation sites is 1. The first kappa shape index (κ1) is 19.1. The summed E-state index contributed by atoms with van der Waals surface area (Å²) in [6.07, 6.45) is 0.410. The number of amides is 1. The highest BCUT2D eigenvalue weighted by Gasteiger charge is 2.21. The number of aromatic nitrogens is 2. The standard InChI is InChI=1S/C19H27N3O3/c1-13(20-16(23)12-19(2,3)4)17-21-15-9-7-6-8-14(15)18(24)22(17)10-11-25-5/h6-9,13H,10-12H2,1-5H3,(H,20,23)/t13-/m0/s1. The number of nitrogens with zero attached hydrogens (tertiary/aromatic N) is 2. The highest BCUT2D eigenvalue weighted by Crippen LogP contribution is 2.19. The number of nitrogens with one attached hydrogen (secondary N) is 1. The van der Waals surface area contributed by atoms with Crippen LogP contribution in [0.25, 0.3) is 10.9 Å². The van der Waals surface area contributed by atoms with E-state index in [9.17, 15) is 9.59 Å². The summed E-state index contributed by atoms with van der Waals surface area (Å²) in [4.78, 5) is 29.7. The smallest absolute Gasteiger partial charge is 0.261 e. The van der Waals surface area contributed by atoms with E-state index in [2.05, 4.69) is 10.3 Å². The van der Waals surface area contributed by atoms with E-state index in [4.69, 9.17) is 4.74 Å². The SMILES string of the molecule is COCCn1c([C@H](C)NC(=O)CC(C)(C)C)nc2ccccc2c1=O. The normalized spacial score (nSPS) is 13.0. The van der Waals surface area contributed by atoms with Gasteiger partial charge in [0, 0.05) is 13.5 Å². The van der Waals surface area contributed by atoms with E-state index in [1.54, 1.807) is 17.7 Å². The lowest BCUT2D eigenvalue weighted by atomic mass is 9.92. The van der Waals surface area contributed by atoms with Crippen LogP contribution < -0.4 is 10.9 Å². The lowest BCUT2D eigenvalue weighted by molar-refractivity contribution is -0.123. The van der Waals surface area contributed by atoms with Gasteiger partial charge in [0.05, 0.1) is 30.1 Å². The van der Waals surface area contributed by atoms with Gasteiger partial charge in [-0.2, -0.15) is 0 Å². The number of methoxy groups -OCH3 is 1. The largest absolute Gasteiger partial charge is 0.383 e. The summed E-state index contributed by atoms with van der Waals surface area (Å²) in [6, 6.07) is 6.87. The van der Waals surface area contributed by atoms with Crippen LogP contribution in [-0.4, -0.2) is 29.2 Å². The molecule has 0 fully saturated rings. The molecule has 1 aromatic carbocycles. The molecule has 0 aliphatic heterocycles. The Hall–Kier alpha value is -2.21. The summed E-state index contributed by atoms with van der Waals surface area (Å²) in [5.74, 6) is 0.490. The molecule has 136 valence electrons. The molecule has 1 atom stereocenters. The van der Waals surface area contributed by atoms with Crippen LogP contribution in [0.15, 0.2) is 29.1 Å². The van der Waals surface area contributed by atoms with Gasteiger partial charge in [0.1, 0.15) is 5.82 Å². The van der Waals surface area contributed by atoms with Crippen LogP contribution in [0.4, 0.5) is 0 Å². The van der Waals surface area contributed by atoms with E-state index in [1.807, 2.05) is 45.9 Å². The molecule has 2 rings (SSSR count). The Labute approximate surface area is 148 Å². The number of rotatable bonds is 6. The van der Waals surface area contributed by atoms with E-state index in [-0.39, 0.29) is 22.9 Å². The minimum atomic E-state index is -0.371. The molecule has 1 N–H and O–H groups in total. The monoisotopic (exact) mass is 345 g/mol. The van der Waals surface area contributed by atoms with Gasteiger partial charge in [0.2, 0.25) is 5.91 Å². The Balaban J connectivity index is 2.40. The number of hydrogen-bond acceptors (Lipinski definition) is 4. The van der Waals surface area contributed by atoms with Crippen molar-refractivity contribution in [2.24, 2.45) is 5.41 Å². The fourth-order valence-electron chi connectivity index (χ4n) is 2.75. The maximum Gasteiger partial charge on any atom is 0.261 e. The second-order valence-corrected chi connectivity index (χ2v) is 7.46. The van der Waals surface area contributed by atoms with E-state index in [0.29, 0.717) is 36.3 Å². The molecule has 0 spiro atoms. The fraction of sp³-hybridized carbons (Fsp3) is 0.526. The van der Waals surface area contributed by atoms with Crippen LogP contribution in [0.5, 0.6) is 0 Å². The van der Waals surface area contributed by atoms with Crippen molar-refractivity contribution in [3.63, 3.8) is 0 Å². The van der Waals surface area contributed by atoms with Crippen molar-refractivity contribution in [2.45, 2.75) is 46.7 Å². The van der Waals surface area contributed by atoms with Crippen molar-refractivity contribution >= 4 is 16.8 Å². The Bertz CT molecular complexity index is 806. The quantitative estimate of drug-likeness (QED) is 0.873. The van der Waals surface area contributed by atoms with Gasteiger partial charge in [-0.1, -0.05) is 32.9 Å². The van der Waals surface area contributed by atoms with Crippen LogP contribution >= 0.6 is 0 Å². The fourth-order valence-corrected chi connectivity index (χ4v) is 2.75. The lowest BCUT2D eigenvalue weighted by Gasteiger charge is -2.22. The molecule has 25 heavy (non-hydrogen) atoms.